The third kappa shape index (κ3) is 11.2. The van der Waals surface area contributed by atoms with Gasteiger partial charge in [0.25, 0.3) is 46.4 Å². The first-order valence-electron chi connectivity index (χ1n) is 18.3. The zero-order valence-corrected chi connectivity index (χ0v) is 36.9. The van der Waals surface area contributed by atoms with Crippen molar-refractivity contribution in [2.75, 3.05) is 31.4 Å². The molecule has 0 bridgehead atoms. The first-order valence-corrected chi connectivity index (χ1v) is 24.0. The lowest BCUT2D eigenvalue weighted by Gasteiger charge is -2.13. The van der Waals surface area contributed by atoms with Gasteiger partial charge in [0.05, 0.1) is 45.5 Å². The van der Waals surface area contributed by atoms with Gasteiger partial charge in [0, 0.05) is 18.2 Å². The van der Waals surface area contributed by atoms with Crippen molar-refractivity contribution in [1.29, 1.82) is 0 Å². The van der Waals surface area contributed by atoms with Crippen LogP contribution in [0.4, 0.5) is 34.1 Å². The van der Waals surface area contributed by atoms with Gasteiger partial charge in [-0.2, -0.15) is 54.0 Å². The number of aromatic hydroxyl groups is 2. The van der Waals surface area contributed by atoms with Crippen molar-refractivity contribution in [3.63, 3.8) is 0 Å². The van der Waals surface area contributed by atoms with E-state index in [1.165, 1.54) is 25.1 Å². The lowest BCUT2D eigenvalue weighted by molar-refractivity contribution is -0.117. The van der Waals surface area contributed by atoms with Crippen molar-refractivity contribution in [3.8, 4) is 23.0 Å². The first-order chi connectivity index (χ1) is 31.3. The van der Waals surface area contributed by atoms with Crippen molar-refractivity contribution in [1.82, 2.24) is 0 Å². The maximum Gasteiger partial charge on any atom is 0.296 e. The first kappa shape index (κ1) is 49.5. The predicted octanol–water partition coefficient (Wildman–Crippen LogP) is 4.69. The van der Waals surface area contributed by atoms with Gasteiger partial charge in [0.15, 0.2) is 11.8 Å². The Balaban J connectivity index is 1.36. The molecule has 1 heterocycles. The van der Waals surface area contributed by atoms with Crippen molar-refractivity contribution >= 4 is 97.0 Å². The number of ether oxygens (including phenoxy) is 2. The monoisotopic (exact) mass is 1010 g/mol. The molecule has 1 amide bonds. The zero-order valence-electron chi connectivity index (χ0n) is 33.6. The number of hydrogen-bond acceptors (Lipinski definition) is 22. The van der Waals surface area contributed by atoms with E-state index < -0.39 is 132 Å². The van der Waals surface area contributed by atoms with Crippen LogP contribution >= 0.6 is 0 Å². The lowest BCUT2D eigenvalue weighted by Crippen LogP contribution is -2.29. The standard InChI is InChI=1S/C36H32N8O19S4/c1-18-33(36(49)44(43-18)21-3-5-22(6-4-21)64(50,51)52)41-37-20-2-7-24(30(14-20)66(56,57)58)38-39-25-16-29(63-11-9-46)26(17-28(25)62-10-8-45)40-42-34-31(67(59,60)61)13-19-12-23(65(53,54)55)15-27(47)32(19)35(34)48/h2-7,12-17,33,45-48H,8-11H2,1H3,(H,50,51,52)(H,53,54,55)(H,56,57,58)(H,59,60,61)/b39-38+,41-37+,42-40+. The smallest absolute Gasteiger partial charge is 0.296 e. The molecule has 1 aliphatic heterocycles. The summed E-state index contributed by atoms with van der Waals surface area (Å²) in [6.45, 7) is -0.579. The molecule has 31 heteroatoms. The second-order valence-corrected chi connectivity index (χ2v) is 19.1. The topological polar surface area (TPSA) is 424 Å². The average Bonchev–Trinajstić information content (AvgIpc) is 3.53. The van der Waals surface area contributed by atoms with E-state index in [9.17, 15) is 77.1 Å². The number of hydrazone groups is 1. The van der Waals surface area contributed by atoms with Gasteiger partial charge >= 0.3 is 0 Å². The van der Waals surface area contributed by atoms with Crippen molar-refractivity contribution < 1.29 is 86.6 Å². The summed E-state index contributed by atoms with van der Waals surface area (Å²) in [6.07, 6.45) is 0. The summed E-state index contributed by atoms with van der Waals surface area (Å²) < 4.78 is 146. The Morgan fingerprint density at radius 3 is 1.72 bits per heavy atom. The number of anilines is 1. The third-order valence-electron chi connectivity index (χ3n) is 8.93. The number of nitrogens with zero attached hydrogens (tertiary/aromatic N) is 8. The molecule has 8 N–H and O–H groups in total. The number of amides is 1. The van der Waals surface area contributed by atoms with Crippen molar-refractivity contribution in [3.05, 3.63) is 72.8 Å². The highest BCUT2D eigenvalue weighted by Crippen LogP contribution is 2.47. The largest absolute Gasteiger partial charge is 0.507 e. The summed E-state index contributed by atoms with van der Waals surface area (Å²) in [4.78, 5) is 9.83. The molecule has 354 valence electrons. The number of fused-ring (bicyclic) bond motifs is 1. The molecule has 5 aromatic rings. The predicted molar refractivity (Wildman–Crippen MR) is 228 cm³/mol. The fourth-order valence-electron chi connectivity index (χ4n) is 5.94. The highest BCUT2D eigenvalue weighted by Gasteiger charge is 2.35. The molecule has 1 aliphatic rings. The van der Waals surface area contributed by atoms with Crippen LogP contribution in [0, 0.1) is 0 Å². The summed E-state index contributed by atoms with van der Waals surface area (Å²) in [5, 5.41) is 67.9. The number of rotatable bonds is 17. The molecule has 0 saturated heterocycles. The SMILES string of the molecule is CC1=NN(c2ccc(S(=O)(=O)O)cc2)C(=O)C1/N=N/c1ccc(/N=N/c2cc(OCCO)c(/N=N/c3c(S(=O)(=O)O)cc4cc(S(=O)(=O)O)cc(O)c4c3O)cc2OCCO)c(S(=O)(=O)O)c1. The number of carbonyl (C=O) groups excluding carboxylic acids is 1. The van der Waals surface area contributed by atoms with Crippen LogP contribution in [-0.2, 0) is 45.3 Å². The highest BCUT2D eigenvalue weighted by atomic mass is 32.2. The van der Waals surface area contributed by atoms with E-state index in [0.717, 1.165) is 41.4 Å². The quantitative estimate of drug-likeness (QED) is 0.0462. The Bertz CT molecular complexity index is 3400. The number of azo groups is 3. The minimum absolute atomic E-state index is 0.120. The van der Waals surface area contributed by atoms with Gasteiger partial charge in [-0.25, -0.2) is 0 Å². The van der Waals surface area contributed by atoms with Crippen LogP contribution in [0.1, 0.15) is 6.92 Å². The maximum absolute atomic E-state index is 13.2. The van der Waals surface area contributed by atoms with Gasteiger partial charge in [-0.1, -0.05) is 0 Å². The van der Waals surface area contributed by atoms with Crippen LogP contribution in [0.25, 0.3) is 10.8 Å². The lowest BCUT2D eigenvalue weighted by atomic mass is 10.1. The molecule has 5 aromatic carbocycles. The maximum atomic E-state index is 13.2. The summed E-state index contributed by atoms with van der Waals surface area (Å²) in [5.74, 6) is -3.45. The number of phenolic OH excluding ortho intramolecular Hbond substituents is 2. The molecule has 6 rings (SSSR count). The molecule has 0 aliphatic carbocycles. The molecule has 0 radical (unpaired) electrons. The summed E-state index contributed by atoms with van der Waals surface area (Å²) in [7, 11) is -19.9. The highest BCUT2D eigenvalue weighted by molar-refractivity contribution is 7.86. The number of benzene rings is 5. The van der Waals surface area contributed by atoms with Crippen molar-refractivity contribution in [2.24, 2.45) is 35.8 Å². The number of hydrogen-bond donors (Lipinski definition) is 8. The Hall–Kier alpha value is -6.94. The zero-order chi connectivity index (χ0) is 49.2. The fraction of sp³-hybridized carbons (Fsp3) is 0.167. The third-order valence-corrected chi connectivity index (χ3v) is 12.4. The van der Waals surface area contributed by atoms with Crippen LogP contribution < -0.4 is 14.5 Å². The van der Waals surface area contributed by atoms with Crippen LogP contribution in [0.3, 0.4) is 0 Å². The summed E-state index contributed by atoms with van der Waals surface area (Å²) in [5.41, 5.74) is -2.11. The molecule has 0 aromatic heterocycles. The second-order valence-electron chi connectivity index (χ2n) is 13.5. The molecule has 1 unspecified atom stereocenters. The average molecular weight is 1010 g/mol. The Morgan fingerprint density at radius 1 is 0.627 bits per heavy atom. The normalized spacial score (nSPS) is 15.1. The second kappa shape index (κ2) is 19.1. The summed E-state index contributed by atoms with van der Waals surface area (Å²) >= 11 is 0. The summed E-state index contributed by atoms with van der Waals surface area (Å²) in [6, 6.07) is 10.2. The van der Waals surface area contributed by atoms with Gasteiger partial charge in [0.1, 0.15) is 63.0 Å². The van der Waals surface area contributed by atoms with E-state index in [-0.39, 0.29) is 40.0 Å². The van der Waals surface area contributed by atoms with Gasteiger partial charge in [-0.15, -0.1) is 20.5 Å². The van der Waals surface area contributed by atoms with E-state index >= 15 is 0 Å². The van der Waals surface area contributed by atoms with E-state index in [1.807, 2.05) is 0 Å². The number of aliphatic hydroxyl groups excluding tert-OH is 2. The Labute approximate surface area is 377 Å². The van der Waals surface area contributed by atoms with Gasteiger partial charge in [0.2, 0.25) is 0 Å². The van der Waals surface area contributed by atoms with Gasteiger partial charge < -0.3 is 29.9 Å². The van der Waals surface area contributed by atoms with E-state index in [2.05, 4.69) is 35.8 Å². The van der Waals surface area contributed by atoms with Crippen LogP contribution in [0.15, 0.2) is 128 Å². The molecular formula is C36H32N8O19S4. The van der Waals surface area contributed by atoms with E-state index in [0.29, 0.717) is 18.2 Å². The molecule has 0 fully saturated rings. The van der Waals surface area contributed by atoms with Crippen LogP contribution in [0.5, 0.6) is 23.0 Å². The fourth-order valence-corrected chi connectivity index (χ4v) is 8.26. The minimum atomic E-state index is -5.31. The molecule has 0 spiro atoms. The molecule has 67 heavy (non-hydrogen) atoms. The molecular weight excluding hydrogens is 977 g/mol. The Morgan fingerprint density at radius 2 is 1.18 bits per heavy atom. The number of phenols is 2. The van der Waals surface area contributed by atoms with Gasteiger partial charge in [-0.05, 0) is 66.9 Å². The molecule has 1 atom stereocenters. The number of carbonyl (C=O) groups is 1. The van der Waals surface area contributed by atoms with E-state index in [1.54, 1.807) is 0 Å². The Kier molecular flexibility index (Phi) is 14.1. The van der Waals surface area contributed by atoms with E-state index in [4.69, 9.17) is 9.47 Å². The van der Waals surface area contributed by atoms with Crippen LogP contribution in [-0.4, -0.2) is 116 Å². The molecule has 0 saturated carbocycles. The minimum Gasteiger partial charge on any atom is -0.507 e. The van der Waals surface area contributed by atoms with Gasteiger partial charge in [-0.3, -0.25) is 23.0 Å². The number of aliphatic hydroxyl groups is 2. The molecule has 27 nitrogen and oxygen atoms in total. The van der Waals surface area contributed by atoms with Crippen molar-refractivity contribution in [2.45, 2.75) is 32.5 Å². The van der Waals surface area contributed by atoms with Crippen LogP contribution in [0.2, 0.25) is 0 Å².